The summed E-state index contributed by atoms with van der Waals surface area (Å²) in [5.41, 5.74) is 0.457. The van der Waals surface area contributed by atoms with E-state index in [1.165, 1.54) is 12.5 Å². The van der Waals surface area contributed by atoms with Crippen molar-refractivity contribution in [3.8, 4) is 0 Å². The van der Waals surface area contributed by atoms with Crippen molar-refractivity contribution in [1.29, 1.82) is 0 Å². The molecule has 1 aromatic carbocycles. The summed E-state index contributed by atoms with van der Waals surface area (Å²) in [4.78, 5) is 14.2. The van der Waals surface area contributed by atoms with E-state index < -0.39 is 0 Å². The van der Waals surface area contributed by atoms with Gasteiger partial charge in [0, 0.05) is 12.6 Å². The van der Waals surface area contributed by atoms with Gasteiger partial charge in [0.1, 0.15) is 5.82 Å². The number of hydrogen-bond donors (Lipinski definition) is 1. The first-order chi connectivity index (χ1) is 9.20. The first kappa shape index (κ1) is 14.0. The fourth-order valence-corrected chi connectivity index (χ4v) is 2.65. The summed E-state index contributed by atoms with van der Waals surface area (Å²) in [5.74, 6) is -0.415. The van der Waals surface area contributed by atoms with Gasteiger partial charge in [-0.15, -0.1) is 0 Å². The molecular weight excluding hydrogens is 243 g/mol. The molecule has 1 aliphatic heterocycles. The second-order valence-electron chi connectivity index (χ2n) is 5.00. The van der Waals surface area contributed by atoms with Gasteiger partial charge in [-0.3, -0.25) is 9.69 Å². The lowest BCUT2D eigenvalue weighted by Gasteiger charge is -2.22. The van der Waals surface area contributed by atoms with Crippen LogP contribution in [0.2, 0.25) is 0 Å². The highest BCUT2D eigenvalue weighted by molar-refractivity contribution is 5.78. The van der Waals surface area contributed by atoms with Crippen molar-refractivity contribution in [2.45, 2.75) is 32.2 Å². The van der Waals surface area contributed by atoms with Gasteiger partial charge < -0.3 is 5.32 Å². The van der Waals surface area contributed by atoms with Crippen molar-refractivity contribution in [1.82, 2.24) is 10.2 Å². The number of halogens is 1. The molecule has 104 valence electrons. The first-order valence-corrected chi connectivity index (χ1v) is 6.95. The van der Waals surface area contributed by atoms with E-state index in [0.717, 1.165) is 19.5 Å². The Bertz CT molecular complexity index is 436. The van der Waals surface area contributed by atoms with Crippen LogP contribution in [0.4, 0.5) is 4.39 Å². The Morgan fingerprint density at radius 1 is 1.47 bits per heavy atom. The van der Waals surface area contributed by atoms with Crippen molar-refractivity contribution < 1.29 is 9.18 Å². The molecule has 1 aliphatic rings. The standard InChI is InChI=1S/C15H21FN2O/c1-2-18-9-5-7-13(18)11-17-15(19)10-12-6-3-4-8-14(12)16/h3-4,6,8,13H,2,5,7,9-11H2,1H3,(H,17,19)/t13-/m0/s1. The molecule has 1 atom stereocenters. The van der Waals surface area contributed by atoms with Gasteiger partial charge in [0.15, 0.2) is 0 Å². The van der Waals surface area contributed by atoms with Gasteiger partial charge in [-0.05, 0) is 37.6 Å². The molecule has 0 aliphatic carbocycles. The summed E-state index contributed by atoms with van der Waals surface area (Å²) in [6, 6.07) is 6.87. The number of benzene rings is 1. The highest BCUT2D eigenvalue weighted by Crippen LogP contribution is 2.15. The molecular formula is C15H21FN2O. The van der Waals surface area contributed by atoms with Crippen molar-refractivity contribution in [3.63, 3.8) is 0 Å². The van der Waals surface area contributed by atoms with Crippen LogP contribution in [0.1, 0.15) is 25.3 Å². The summed E-state index contributed by atoms with van der Waals surface area (Å²) in [5, 5.41) is 2.92. The number of likely N-dealkylation sites (N-methyl/N-ethyl adjacent to an activating group) is 1. The second kappa shape index (κ2) is 6.66. The van der Waals surface area contributed by atoms with Gasteiger partial charge >= 0.3 is 0 Å². The second-order valence-corrected chi connectivity index (χ2v) is 5.00. The highest BCUT2D eigenvalue weighted by atomic mass is 19.1. The van der Waals surface area contributed by atoms with Gasteiger partial charge in [-0.25, -0.2) is 4.39 Å². The Labute approximate surface area is 113 Å². The summed E-state index contributed by atoms with van der Waals surface area (Å²) >= 11 is 0. The molecule has 0 saturated carbocycles. The predicted octanol–water partition coefficient (Wildman–Crippen LogP) is 1.97. The summed E-state index contributed by atoms with van der Waals surface area (Å²) in [6.07, 6.45) is 2.45. The zero-order valence-corrected chi connectivity index (χ0v) is 11.4. The number of nitrogens with one attached hydrogen (secondary N) is 1. The summed E-state index contributed by atoms with van der Waals surface area (Å²) in [6.45, 7) is 4.94. The molecule has 1 aromatic rings. The van der Waals surface area contributed by atoms with E-state index >= 15 is 0 Å². The average molecular weight is 264 g/mol. The third-order valence-corrected chi connectivity index (χ3v) is 3.75. The van der Waals surface area contributed by atoms with Gasteiger partial charge in [0.2, 0.25) is 5.91 Å². The molecule has 0 unspecified atom stereocenters. The maximum absolute atomic E-state index is 13.4. The first-order valence-electron chi connectivity index (χ1n) is 6.95. The lowest BCUT2D eigenvalue weighted by atomic mass is 10.1. The van der Waals surface area contributed by atoms with E-state index in [2.05, 4.69) is 17.1 Å². The van der Waals surface area contributed by atoms with E-state index in [1.54, 1.807) is 18.2 Å². The molecule has 4 heteroatoms. The van der Waals surface area contributed by atoms with Crippen LogP contribution in [0, 0.1) is 5.82 Å². The topological polar surface area (TPSA) is 32.3 Å². The zero-order chi connectivity index (χ0) is 13.7. The van der Waals surface area contributed by atoms with Gasteiger partial charge in [-0.2, -0.15) is 0 Å². The molecule has 19 heavy (non-hydrogen) atoms. The molecule has 1 heterocycles. The number of rotatable bonds is 5. The smallest absolute Gasteiger partial charge is 0.224 e. The maximum Gasteiger partial charge on any atom is 0.224 e. The lowest BCUT2D eigenvalue weighted by molar-refractivity contribution is -0.120. The number of likely N-dealkylation sites (tertiary alicyclic amines) is 1. The molecule has 1 N–H and O–H groups in total. The Morgan fingerprint density at radius 2 is 2.26 bits per heavy atom. The molecule has 0 spiro atoms. The summed E-state index contributed by atoms with van der Waals surface area (Å²) < 4.78 is 13.4. The third-order valence-electron chi connectivity index (χ3n) is 3.75. The monoisotopic (exact) mass is 264 g/mol. The Hall–Kier alpha value is -1.42. The maximum atomic E-state index is 13.4. The molecule has 3 nitrogen and oxygen atoms in total. The van der Waals surface area contributed by atoms with E-state index in [4.69, 9.17) is 0 Å². The largest absolute Gasteiger partial charge is 0.354 e. The molecule has 0 radical (unpaired) electrons. The van der Waals surface area contributed by atoms with E-state index in [9.17, 15) is 9.18 Å². The van der Waals surface area contributed by atoms with E-state index in [1.807, 2.05) is 0 Å². The van der Waals surface area contributed by atoms with Crippen molar-refractivity contribution in [3.05, 3.63) is 35.6 Å². The molecule has 2 rings (SSSR count). The van der Waals surface area contributed by atoms with Crippen molar-refractivity contribution in [2.75, 3.05) is 19.6 Å². The molecule has 0 bridgehead atoms. The Morgan fingerprint density at radius 3 is 3.00 bits per heavy atom. The molecule has 1 amide bonds. The minimum absolute atomic E-state index is 0.104. The van der Waals surface area contributed by atoms with Crippen molar-refractivity contribution >= 4 is 5.91 Å². The normalized spacial score (nSPS) is 19.6. The van der Waals surface area contributed by atoms with Crippen LogP contribution >= 0.6 is 0 Å². The van der Waals surface area contributed by atoms with Crippen LogP contribution in [0.5, 0.6) is 0 Å². The van der Waals surface area contributed by atoms with Crippen LogP contribution in [-0.2, 0) is 11.2 Å². The van der Waals surface area contributed by atoms with Crippen LogP contribution in [0.25, 0.3) is 0 Å². The molecule has 0 aromatic heterocycles. The minimum Gasteiger partial charge on any atom is -0.354 e. The predicted molar refractivity (Wildman–Crippen MR) is 73.4 cm³/mol. The number of amides is 1. The molecule has 1 saturated heterocycles. The lowest BCUT2D eigenvalue weighted by Crippen LogP contribution is -2.40. The Kier molecular flexibility index (Phi) is 4.91. The fourth-order valence-electron chi connectivity index (χ4n) is 2.65. The van der Waals surface area contributed by atoms with Crippen LogP contribution in [-0.4, -0.2) is 36.5 Å². The summed E-state index contributed by atoms with van der Waals surface area (Å²) in [7, 11) is 0. The number of carbonyl (C=O) groups excluding carboxylic acids is 1. The van der Waals surface area contributed by atoms with E-state index in [0.29, 0.717) is 18.2 Å². The van der Waals surface area contributed by atoms with Crippen LogP contribution in [0.15, 0.2) is 24.3 Å². The van der Waals surface area contributed by atoms with Gasteiger partial charge in [0.05, 0.1) is 6.42 Å². The van der Waals surface area contributed by atoms with Gasteiger partial charge in [0.25, 0.3) is 0 Å². The highest BCUT2D eigenvalue weighted by Gasteiger charge is 2.23. The quantitative estimate of drug-likeness (QED) is 0.882. The Balaban J connectivity index is 1.80. The third kappa shape index (κ3) is 3.77. The number of hydrogen-bond acceptors (Lipinski definition) is 2. The SMILES string of the molecule is CCN1CCC[C@H]1CNC(=O)Cc1ccccc1F. The van der Waals surface area contributed by atoms with Gasteiger partial charge in [-0.1, -0.05) is 25.1 Å². The van der Waals surface area contributed by atoms with Crippen molar-refractivity contribution in [2.24, 2.45) is 0 Å². The van der Waals surface area contributed by atoms with Crippen LogP contribution < -0.4 is 5.32 Å². The average Bonchev–Trinajstić information content (AvgIpc) is 2.86. The van der Waals surface area contributed by atoms with E-state index in [-0.39, 0.29) is 18.1 Å². The zero-order valence-electron chi connectivity index (χ0n) is 11.4. The molecule has 1 fully saturated rings. The minimum atomic E-state index is -0.311. The number of nitrogens with zero attached hydrogens (tertiary/aromatic N) is 1. The van der Waals surface area contributed by atoms with Crippen LogP contribution in [0.3, 0.4) is 0 Å². The fraction of sp³-hybridized carbons (Fsp3) is 0.533. The number of carbonyl (C=O) groups is 1.